The predicted octanol–water partition coefficient (Wildman–Crippen LogP) is 5.53. The van der Waals surface area contributed by atoms with Gasteiger partial charge in [-0.1, -0.05) is 43.0 Å². The number of Topliss-reactive ketones (excluding diaryl/α,β-unsaturated/α-hetero) is 1. The second kappa shape index (κ2) is 11.6. The van der Waals surface area contributed by atoms with Crippen molar-refractivity contribution in [2.24, 2.45) is 0 Å². The van der Waals surface area contributed by atoms with E-state index in [2.05, 4.69) is 11.6 Å². The van der Waals surface area contributed by atoms with E-state index in [0.717, 1.165) is 29.1 Å². The second-order valence-corrected chi connectivity index (χ2v) is 10.8. The van der Waals surface area contributed by atoms with Crippen molar-refractivity contribution in [2.45, 2.75) is 45.8 Å². The number of aryl methyl sites for hydroxylation is 1. The zero-order valence-corrected chi connectivity index (χ0v) is 23.8. The number of aromatic nitrogens is 1. The number of hydrogen-bond acceptors (Lipinski definition) is 9. The molecule has 3 aromatic rings. The maximum atomic E-state index is 13.6. The Balaban J connectivity index is 1.65. The van der Waals surface area contributed by atoms with Crippen LogP contribution >= 0.6 is 11.3 Å². The summed E-state index contributed by atoms with van der Waals surface area (Å²) in [6.07, 6.45) is 2.91. The SMILES string of the molecule is C=CCOC(=O)c1sc(N2C(=O)C(=O)/C(=C(/O)c3ccc4c(c3)C[C@@H](C)O4)[C@@H]2c2cccc(OCCC)c2)nc1C. The lowest BCUT2D eigenvalue weighted by Gasteiger charge is -2.23. The molecule has 3 heterocycles. The van der Waals surface area contributed by atoms with E-state index in [-0.39, 0.29) is 34.1 Å². The van der Waals surface area contributed by atoms with Crippen LogP contribution in [0.2, 0.25) is 0 Å². The Kier molecular flexibility index (Phi) is 7.94. The second-order valence-electron chi connectivity index (χ2n) is 9.84. The highest BCUT2D eigenvalue weighted by Gasteiger charge is 2.48. The summed E-state index contributed by atoms with van der Waals surface area (Å²) < 4.78 is 16.8. The Morgan fingerprint density at radius 1 is 1.27 bits per heavy atom. The Bertz CT molecular complexity index is 1570. The van der Waals surface area contributed by atoms with E-state index in [9.17, 15) is 19.5 Å². The van der Waals surface area contributed by atoms with Crippen molar-refractivity contribution in [1.29, 1.82) is 0 Å². The van der Waals surface area contributed by atoms with E-state index in [0.29, 0.717) is 35.6 Å². The summed E-state index contributed by atoms with van der Waals surface area (Å²) in [4.78, 5) is 45.7. The number of aliphatic hydroxyl groups excluding tert-OH is 1. The normalized spacial score (nSPS) is 19.1. The zero-order chi connectivity index (χ0) is 29.3. The van der Waals surface area contributed by atoms with Gasteiger partial charge >= 0.3 is 11.9 Å². The molecule has 212 valence electrons. The Morgan fingerprint density at radius 2 is 2.07 bits per heavy atom. The topological polar surface area (TPSA) is 115 Å². The van der Waals surface area contributed by atoms with Gasteiger partial charge in [0.2, 0.25) is 0 Å². The van der Waals surface area contributed by atoms with Crippen molar-refractivity contribution in [3.8, 4) is 11.5 Å². The first-order valence-corrected chi connectivity index (χ1v) is 14.1. The highest BCUT2D eigenvalue weighted by atomic mass is 32.1. The van der Waals surface area contributed by atoms with Crippen molar-refractivity contribution in [1.82, 2.24) is 4.98 Å². The first kappa shape index (κ1) is 28.1. The molecule has 1 saturated heterocycles. The van der Waals surface area contributed by atoms with Gasteiger partial charge in [-0.2, -0.15) is 0 Å². The van der Waals surface area contributed by atoms with Crippen LogP contribution in [0.25, 0.3) is 5.76 Å². The molecule has 2 aromatic carbocycles. The number of hydrogen-bond donors (Lipinski definition) is 1. The number of fused-ring (bicyclic) bond motifs is 1. The minimum atomic E-state index is -1.02. The summed E-state index contributed by atoms with van der Waals surface area (Å²) in [6, 6.07) is 11.2. The van der Waals surface area contributed by atoms with E-state index in [1.54, 1.807) is 49.4 Å². The maximum Gasteiger partial charge on any atom is 0.350 e. The van der Waals surface area contributed by atoms with Gasteiger partial charge < -0.3 is 19.3 Å². The molecule has 0 bridgehead atoms. The molecule has 41 heavy (non-hydrogen) atoms. The van der Waals surface area contributed by atoms with E-state index < -0.39 is 23.7 Å². The average molecular weight is 575 g/mol. The molecule has 9 nitrogen and oxygen atoms in total. The first-order valence-electron chi connectivity index (χ1n) is 13.3. The van der Waals surface area contributed by atoms with Gasteiger partial charge in [0.1, 0.15) is 34.8 Å². The van der Waals surface area contributed by atoms with Crippen LogP contribution < -0.4 is 14.4 Å². The molecule has 1 amide bonds. The molecule has 0 saturated carbocycles. The molecule has 2 atom stereocenters. The summed E-state index contributed by atoms with van der Waals surface area (Å²) in [7, 11) is 0. The quantitative estimate of drug-likeness (QED) is 0.117. The number of ether oxygens (including phenoxy) is 3. The van der Waals surface area contributed by atoms with E-state index in [4.69, 9.17) is 14.2 Å². The van der Waals surface area contributed by atoms with Crippen LogP contribution in [-0.4, -0.2) is 47.1 Å². The van der Waals surface area contributed by atoms with Gasteiger partial charge in [-0.3, -0.25) is 14.5 Å². The minimum absolute atomic E-state index is 0.000606. The molecule has 0 unspecified atom stereocenters. The van der Waals surface area contributed by atoms with Crippen LogP contribution in [-0.2, 0) is 20.7 Å². The van der Waals surface area contributed by atoms with Gasteiger partial charge in [-0.15, -0.1) is 0 Å². The summed E-state index contributed by atoms with van der Waals surface area (Å²) in [5.74, 6) is -1.36. The van der Waals surface area contributed by atoms with E-state index in [1.165, 1.54) is 11.0 Å². The van der Waals surface area contributed by atoms with Crippen LogP contribution in [0, 0.1) is 6.92 Å². The van der Waals surface area contributed by atoms with Gasteiger partial charge in [-0.25, -0.2) is 9.78 Å². The number of aliphatic hydroxyl groups is 1. The van der Waals surface area contributed by atoms with Crippen molar-refractivity contribution in [2.75, 3.05) is 18.1 Å². The number of thiazole rings is 1. The van der Waals surface area contributed by atoms with Crippen molar-refractivity contribution in [3.63, 3.8) is 0 Å². The van der Waals surface area contributed by atoms with Crippen LogP contribution in [0.5, 0.6) is 11.5 Å². The first-order chi connectivity index (χ1) is 19.7. The number of carbonyl (C=O) groups excluding carboxylic acids is 3. The molecule has 1 aromatic heterocycles. The third kappa shape index (κ3) is 5.35. The Morgan fingerprint density at radius 3 is 2.83 bits per heavy atom. The number of ketones is 1. The molecule has 2 aliphatic heterocycles. The van der Waals surface area contributed by atoms with Crippen LogP contribution in [0.3, 0.4) is 0 Å². The summed E-state index contributed by atoms with van der Waals surface area (Å²) in [5, 5.41) is 11.7. The molecule has 2 aliphatic rings. The highest BCUT2D eigenvalue weighted by Crippen LogP contribution is 2.45. The fourth-order valence-corrected chi connectivity index (χ4v) is 5.93. The van der Waals surface area contributed by atoms with Gasteiger partial charge in [0.05, 0.1) is 23.9 Å². The minimum Gasteiger partial charge on any atom is -0.507 e. The third-order valence-electron chi connectivity index (χ3n) is 6.77. The van der Waals surface area contributed by atoms with Crippen LogP contribution in [0.4, 0.5) is 5.13 Å². The molecule has 1 N–H and O–H groups in total. The van der Waals surface area contributed by atoms with Gasteiger partial charge in [0, 0.05) is 12.0 Å². The highest BCUT2D eigenvalue weighted by molar-refractivity contribution is 7.17. The largest absolute Gasteiger partial charge is 0.507 e. The number of rotatable bonds is 9. The van der Waals surface area contributed by atoms with Gasteiger partial charge in [0.15, 0.2) is 5.13 Å². The van der Waals surface area contributed by atoms with E-state index >= 15 is 0 Å². The number of anilines is 1. The molecular weight excluding hydrogens is 544 g/mol. The fourth-order valence-electron chi connectivity index (χ4n) is 4.94. The molecule has 10 heteroatoms. The Labute approximate surface area is 241 Å². The Hall–Kier alpha value is -4.44. The van der Waals surface area contributed by atoms with Crippen LogP contribution in [0.15, 0.2) is 60.7 Å². The standard InChI is InChI=1S/C31H30N2O7S/c1-5-12-38-22-9-7-8-19(16-22)25-24(26(34)20-10-11-23-21(15-20)14-17(3)40-23)27(35)29(36)33(25)31-32-18(4)28(41-31)30(37)39-13-6-2/h6-11,15-17,25,34H,2,5,12-14H2,1,3-4H3/b26-24+/t17-,25+/m1/s1. The van der Waals surface area contributed by atoms with Gasteiger partial charge in [-0.05, 0) is 61.7 Å². The third-order valence-corrected chi connectivity index (χ3v) is 7.91. The smallest absolute Gasteiger partial charge is 0.350 e. The summed E-state index contributed by atoms with van der Waals surface area (Å²) in [5.41, 5.74) is 2.11. The number of benzene rings is 2. The lowest BCUT2D eigenvalue weighted by molar-refractivity contribution is -0.132. The summed E-state index contributed by atoms with van der Waals surface area (Å²) in [6.45, 7) is 9.63. The number of carbonyl (C=O) groups is 3. The van der Waals surface area contributed by atoms with E-state index in [1.807, 2.05) is 13.8 Å². The van der Waals surface area contributed by atoms with Crippen molar-refractivity contribution < 1.29 is 33.7 Å². The molecule has 0 aliphatic carbocycles. The predicted molar refractivity (Wildman–Crippen MR) is 155 cm³/mol. The fraction of sp³-hybridized carbons (Fsp3) is 0.290. The monoisotopic (exact) mass is 574 g/mol. The zero-order valence-electron chi connectivity index (χ0n) is 23.0. The lowest BCUT2D eigenvalue weighted by Crippen LogP contribution is -2.29. The average Bonchev–Trinajstić information content (AvgIpc) is 3.61. The number of amides is 1. The molecular formula is C31H30N2O7S. The van der Waals surface area contributed by atoms with Crippen molar-refractivity contribution in [3.05, 3.63) is 88.0 Å². The number of nitrogens with zero attached hydrogens (tertiary/aromatic N) is 2. The summed E-state index contributed by atoms with van der Waals surface area (Å²) >= 11 is 0.945. The molecule has 0 spiro atoms. The molecule has 5 rings (SSSR count). The van der Waals surface area contributed by atoms with Gasteiger partial charge in [0.25, 0.3) is 5.78 Å². The maximum absolute atomic E-state index is 13.6. The lowest BCUT2D eigenvalue weighted by atomic mass is 9.94. The van der Waals surface area contributed by atoms with Crippen LogP contribution in [0.1, 0.15) is 58.4 Å². The number of esters is 1. The molecule has 1 fully saturated rings. The molecule has 0 radical (unpaired) electrons. The van der Waals surface area contributed by atoms with Crippen molar-refractivity contribution >= 4 is 39.9 Å².